The second-order valence-electron chi connectivity index (χ2n) is 7.28. The summed E-state index contributed by atoms with van der Waals surface area (Å²) in [4.78, 5) is 10.6. The van der Waals surface area contributed by atoms with E-state index in [2.05, 4.69) is 24.3 Å². The molecular formula is C26H34O6. The van der Waals surface area contributed by atoms with Crippen LogP contribution in [0.3, 0.4) is 0 Å². The second kappa shape index (κ2) is 15.1. The minimum Gasteiger partial charge on any atom is -0.481 e. The molecule has 2 aromatic rings. The summed E-state index contributed by atoms with van der Waals surface area (Å²) >= 11 is 0. The van der Waals surface area contributed by atoms with E-state index >= 15 is 0 Å². The molecule has 0 spiro atoms. The van der Waals surface area contributed by atoms with Crippen molar-refractivity contribution in [3.05, 3.63) is 59.2 Å². The van der Waals surface area contributed by atoms with Crippen LogP contribution in [0, 0.1) is 0 Å². The molecule has 0 aliphatic carbocycles. The Morgan fingerprint density at radius 1 is 0.844 bits per heavy atom. The van der Waals surface area contributed by atoms with Crippen molar-refractivity contribution in [2.24, 2.45) is 0 Å². The predicted molar refractivity (Wildman–Crippen MR) is 126 cm³/mol. The van der Waals surface area contributed by atoms with Gasteiger partial charge in [-0.15, -0.1) is 0 Å². The summed E-state index contributed by atoms with van der Waals surface area (Å²) < 4.78 is 21.9. The van der Waals surface area contributed by atoms with E-state index in [4.69, 9.17) is 24.1 Å². The molecule has 0 aliphatic rings. The van der Waals surface area contributed by atoms with Crippen LogP contribution in [0.2, 0.25) is 0 Å². The predicted octanol–water partition coefficient (Wildman–Crippen LogP) is 5.79. The van der Waals surface area contributed by atoms with Gasteiger partial charge in [0.15, 0.2) is 13.6 Å². The van der Waals surface area contributed by atoms with Crippen molar-refractivity contribution in [1.82, 2.24) is 0 Å². The average Bonchev–Trinajstić information content (AvgIpc) is 2.78. The Labute approximate surface area is 190 Å². The summed E-state index contributed by atoms with van der Waals surface area (Å²) in [5, 5.41) is 8.73. The monoisotopic (exact) mass is 442 g/mol. The van der Waals surface area contributed by atoms with Crippen LogP contribution in [-0.2, 0) is 20.7 Å². The third-order valence-electron chi connectivity index (χ3n) is 4.70. The standard InChI is InChI=1S/C26H34O6/c1-3-29-19-31-24-16-23(17-25(18-24)32-20-30-4-2)14-13-22-11-8-10-21(15-22)9-6-5-7-12-26(27)28/h8,10-11,13-18H,3-7,9,12,19-20H2,1-2H3,(H,27,28)/b14-13+. The lowest BCUT2D eigenvalue weighted by atomic mass is 10.0. The molecule has 0 heterocycles. The molecule has 0 saturated heterocycles. The largest absolute Gasteiger partial charge is 0.481 e. The number of rotatable bonds is 16. The van der Waals surface area contributed by atoms with Gasteiger partial charge in [0.2, 0.25) is 0 Å². The van der Waals surface area contributed by atoms with E-state index in [-0.39, 0.29) is 20.0 Å². The van der Waals surface area contributed by atoms with Crippen LogP contribution < -0.4 is 9.47 Å². The van der Waals surface area contributed by atoms with Crippen LogP contribution in [-0.4, -0.2) is 37.9 Å². The topological polar surface area (TPSA) is 74.2 Å². The van der Waals surface area contributed by atoms with Crippen LogP contribution in [0.25, 0.3) is 12.2 Å². The van der Waals surface area contributed by atoms with Crippen LogP contribution in [0.15, 0.2) is 42.5 Å². The zero-order valence-electron chi connectivity index (χ0n) is 19.0. The van der Waals surface area contributed by atoms with Gasteiger partial charge in [0, 0.05) is 25.7 Å². The van der Waals surface area contributed by atoms with Gasteiger partial charge in [-0.3, -0.25) is 4.79 Å². The molecule has 0 aliphatic heterocycles. The van der Waals surface area contributed by atoms with Gasteiger partial charge in [-0.1, -0.05) is 42.8 Å². The third-order valence-corrected chi connectivity index (χ3v) is 4.70. The molecule has 174 valence electrons. The number of carboxylic acid groups (broad SMARTS) is 1. The summed E-state index contributed by atoms with van der Waals surface area (Å²) in [6.07, 6.45) is 7.90. The molecule has 0 radical (unpaired) electrons. The first kappa shape index (κ1) is 25.4. The maximum Gasteiger partial charge on any atom is 0.303 e. The molecule has 0 atom stereocenters. The molecule has 0 amide bonds. The van der Waals surface area contributed by atoms with E-state index in [1.54, 1.807) is 0 Å². The first-order chi connectivity index (χ1) is 15.6. The number of hydrogen-bond acceptors (Lipinski definition) is 5. The van der Waals surface area contributed by atoms with E-state index in [1.165, 1.54) is 5.56 Å². The zero-order valence-corrected chi connectivity index (χ0v) is 19.0. The Bertz CT molecular complexity index is 818. The minimum absolute atomic E-state index is 0.184. The Morgan fingerprint density at radius 2 is 1.50 bits per heavy atom. The number of hydrogen-bond donors (Lipinski definition) is 1. The summed E-state index contributed by atoms with van der Waals surface area (Å²) in [6, 6.07) is 14.1. The van der Waals surface area contributed by atoms with Crippen molar-refractivity contribution >= 4 is 18.1 Å². The highest BCUT2D eigenvalue weighted by atomic mass is 16.7. The molecule has 1 N–H and O–H groups in total. The van der Waals surface area contributed by atoms with Crippen molar-refractivity contribution in [3.63, 3.8) is 0 Å². The molecule has 0 aromatic heterocycles. The van der Waals surface area contributed by atoms with Crippen LogP contribution >= 0.6 is 0 Å². The van der Waals surface area contributed by atoms with Gasteiger partial charge in [-0.05, 0) is 61.9 Å². The fraction of sp³-hybridized carbons (Fsp3) is 0.423. The van der Waals surface area contributed by atoms with Crippen molar-refractivity contribution < 1.29 is 28.8 Å². The Kier molecular flexibility index (Phi) is 12.0. The first-order valence-electron chi connectivity index (χ1n) is 11.2. The number of carbonyl (C=O) groups is 1. The van der Waals surface area contributed by atoms with Gasteiger partial charge >= 0.3 is 5.97 Å². The summed E-state index contributed by atoms with van der Waals surface area (Å²) in [6.45, 7) is 5.38. The average molecular weight is 443 g/mol. The maximum atomic E-state index is 10.6. The highest BCUT2D eigenvalue weighted by molar-refractivity contribution is 5.71. The molecular weight excluding hydrogens is 408 g/mol. The van der Waals surface area contributed by atoms with E-state index in [0.717, 1.165) is 36.8 Å². The summed E-state index contributed by atoms with van der Waals surface area (Å²) in [7, 11) is 0. The maximum absolute atomic E-state index is 10.6. The van der Waals surface area contributed by atoms with E-state index in [1.807, 2.05) is 44.2 Å². The molecule has 0 bridgehead atoms. The number of aliphatic carboxylic acids is 1. The highest BCUT2D eigenvalue weighted by Gasteiger charge is 2.03. The van der Waals surface area contributed by atoms with Crippen LogP contribution in [0.5, 0.6) is 11.5 Å². The number of benzene rings is 2. The van der Waals surface area contributed by atoms with Crippen LogP contribution in [0.4, 0.5) is 0 Å². The van der Waals surface area contributed by atoms with Crippen molar-refractivity contribution in [2.75, 3.05) is 26.8 Å². The Balaban J connectivity index is 2.02. The lowest BCUT2D eigenvalue weighted by molar-refractivity contribution is -0.137. The number of ether oxygens (including phenoxy) is 4. The van der Waals surface area contributed by atoms with Crippen molar-refractivity contribution in [2.45, 2.75) is 46.0 Å². The third kappa shape index (κ3) is 10.5. The van der Waals surface area contributed by atoms with Gasteiger partial charge < -0.3 is 24.1 Å². The molecule has 0 unspecified atom stereocenters. The van der Waals surface area contributed by atoms with Gasteiger partial charge in [0.1, 0.15) is 11.5 Å². The number of unbranched alkanes of at least 4 members (excludes halogenated alkanes) is 2. The molecule has 32 heavy (non-hydrogen) atoms. The van der Waals surface area contributed by atoms with Gasteiger partial charge in [-0.2, -0.15) is 0 Å². The Hall–Kier alpha value is -2.83. The van der Waals surface area contributed by atoms with Crippen LogP contribution in [0.1, 0.15) is 56.2 Å². The SMILES string of the molecule is CCOCOc1cc(/C=C/c2cccc(CCCCCC(=O)O)c2)cc(OCOCC)c1. The first-order valence-corrected chi connectivity index (χ1v) is 11.2. The van der Waals surface area contributed by atoms with E-state index in [0.29, 0.717) is 24.7 Å². The van der Waals surface area contributed by atoms with E-state index < -0.39 is 5.97 Å². The summed E-state index contributed by atoms with van der Waals surface area (Å²) in [5.74, 6) is 0.611. The lowest BCUT2D eigenvalue weighted by Crippen LogP contribution is -2.04. The van der Waals surface area contributed by atoms with Crippen molar-refractivity contribution in [1.29, 1.82) is 0 Å². The van der Waals surface area contributed by atoms with E-state index in [9.17, 15) is 4.79 Å². The number of carboxylic acids is 1. The Morgan fingerprint density at radius 3 is 2.12 bits per heavy atom. The number of aryl methyl sites for hydroxylation is 1. The second-order valence-corrected chi connectivity index (χ2v) is 7.28. The summed E-state index contributed by atoms with van der Waals surface area (Å²) in [5.41, 5.74) is 3.30. The minimum atomic E-state index is -0.726. The van der Waals surface area contributed by atoms with Gasteiger partial charge in [0.25, 0.3) is 0 Å². The molecule has 2 rings (SSSR count). The zero-order chi connectivity index (χ0) is 23.0. The van der Waals surface area contributed by atoms with Gasteiger partial charge in [-0.25, -0.2) is 0 Å². The molecule has 0 saturated carbocycles. The fourth-order valence-electron chi connectivity index (χ4n) is 3.07. The van der Waals surface area contributed by atoms with Gasteiger partial charge in [0.05, 0.1) is 0 Å². The van der Waals surface area contributed by atoms with Crippen molar-refractivity contribution in [3.8, 4) is 11.5 Å². The molecule has 0 fully saturated rings. The lowest BCUT2D eigenvalue weighted by Gasteiger charge is -2.11. The molecule has 6 heteroatoms. The smallest absolute Gasteiger partial charge is 0.303 e. The fourth-order valence-corrected chi connectivity index (χ4v) is 3.07. The highest BCUT2D eigenvalue weighted by Crippen LogP contribution is 2.25. The molecule has 6 nitrogen and oxygen atoms in total. The molecule has 2 aromatic carbocycles. The normalized spacial score (nSPS) is 11.1. The quantitative estimate of drug-likeness (QED) is 0.201.